The Balaban J connectivity index is 1.93. The number of carbonyl (C=O) groups is 1. The monoisotopic (exact) mass is 245 g/mol. The van der Waals surface area contributed by atoms with E-state index in [9.17, 15) is 4.79 Å². The fourth-order valence-electron chi connectivity index (χ4n) is 1.98. The van der Waals surface area contributed by atoms with Gasteiger partial charge in [0.1, 0.15) is 0 Å². The number of amides is 1. The summed E-state index contributed by atoms with van der Waals surface area (Å²) in [5.74, 6) is -0.0719. The standard InChI is InChI=1S/C14H19N3O/c1-2-12(15)14(18)16-8-7-10-9-17-13-6-4-3-5-11(10)13/h3-6,9,12,17H,2,7-8,15H2,1H3,(H,16,18). The van der Waals surface area contributed by atoms with Crippen LogP contribution >= 0.6 is 0 Å². The van der Waals surface area contributed by atoms with Gasteiger partial charge in [-0.25, -0.2) is 0 Å². The van der Waals surface area contributed by atoms with Crippen LogP contribution in [0.2, 0.25) is 0 Å². The Bertz CT molecular complexity index is 533. The number of H-pyrrole nitrogens is 1. The van der Waals surface area contributed by atoms with Crippen molar-refractivity contribution in [2.24, 2.45) is 5.73 Å². The quantitative estimate of drug-likeness (QED) is 0.748. The molecule has 0 saturated heterocycles. The number of benzene rings is 1. The van der Waals surface area contributed by atoms with Gasteiger partial charge < -0.3 is 16.0 Å². The van der Waals surface area contributed by atoms with Crippen molar-refractivity contribution < 1.29 is 4.79 Å². The van der Waals surface area contributed by atoms with Crippen molar-refractivity contribution in [1.29, 1.82) is 0 Å². The maximum atomic E-state index is 11.5. The molecule has 1 heterocycles. The highest BCUT2D eigenvalue weighted by molar-refractivity contribution is 5.83. The zero-order valence-corrected chi connectivity index (χ0v) is 10.6. The van der Waals surface area contributed by atoms with Gasteiger partial charge in [0, 0.05) is 23.6 Å². The van der Waals surface area contributed by atoms with E-state index in [1.807, 2.05) is 31.3 Å². The molecule has 0 fully saturated rings. The van der Waals surface area contributed by atoms with Gasteiger partial charge >= 0.3 is 0 Å². The first-order valence-corrected chi connectivity index (χ1v) is 6.30. The van der Waals surface area contributed by atoms with E-state index in [-0.39, 0.29) is 5.91 Å². The van der Waals surface area contributed by atoms with Crippen LogP contribution in [0.25, 0.3) is 10.9 Å². The van der Waals surface area contributed by atoms with Crippen LogP contribution in [-0.2, 0) is 11.2 Å². The summed E-state index contributed by atoms with van der Waals surface area (Å²) in [7, 11) is 0. The molecule has 0 aliphatic heterocycles. The average Bonchev–Trinajstić information content (AvgIpc) is 2.81. The highest BCUT2D eigenvalue weighted by Crippen LogP contribution is 2.17. The van der Waals surface area contributed by atoms with Crippen LogP contribution in [0.15, 0.2) is 30.5 Å². The molecule has 4 heteroatoms. The number of hydrogen-bond acceptors (Lipinski definition) is 2. The molecule has 2 rings (SSSR count). The second-order valence-corrected chi connectivity index (χ2v) is 4.42. The first kappa shape index (κ1) is 12.6. The maximum absolute atomic E-state index is 11.5. The van der Waals surface area contributed by atoms with E-state index in [4.69, 9.17) is 5.73 Å². The minimum Gasteiger partial charge on any atom is -0.361 e. The zero-order valence-electron chi connectivity index (χ0n) is 10.6. The number of rotatable bonds is 5. The topological polar surface area (TPSA) is 70.9 Å². The van der Waals surface area contributed by atoms with Crippen molar-refractivity contribution in [3.05, 3.63) is 36.0 Å². The summed E-state index contributed by atoms with van der Waals surface area (Å²) in [6, 6.07) is 7.76. The van der Waals surface area contributed by atoms with Gasteiger partial charge in [0.15, 0.2) is 0 Å². The molecule has 4 nitrogen and oxygen atoms in total. The van der Waals surface area contributed by atoms with E-state index in [0.29, 0.717) is 13.0 Å². The molecule has 0 bridgehead atoms. The van der Waals surface area contributed by atoms with Crippen molar-refractivity contribution in [2.45, 2.75) is 25.8 Å². The smallest absolute Gasteiger partial charge is 0.236 e. The average molecular weight is 245 g/mol. The molecule has 0 aliphatic carbocycles. The summed E-state index contributed by atoms with van der Waals surface area (Å²) >= 11 is 0. The van der Waals surface area contributed by atoms with Crippen LogP contribution in [-0.4, -0.2) is 23.5 Å². The third-order valence-corrected chi connectivity index (χ3v) is 3.15. The highest BCUT2D eigenvalue weighted by Gasteiger charge is 2.10. The molecule has 0 spiro atoms. The second kappa shape index (κ2) is 5.69. The Morgan fingerprint density at radius 3 is 3.00 bits per heavy atom. The van der Waals surface area contributed by atoms with E-state index in [1.165, 1.54) is 10.9 Å². The van der Waals surface area contributed by atoms with Crippen LogP contribution in [0.4, 0.5) is 0 Å². The summed E-state index contributed by atoms with van der Waals surface area (Å²) in [5, 5.41) is 4.07. The maximum Gasteiger partial charge on any atom is 0.236 e. The number of hydrogen-bond donors (Lipinski definition) is 3. The minimum atomic E-state index is -0.395. The van der Waals surface area contributed by atoms with E-state index >= 15 is 0 Å². The normalized spacial score (nSPS) is 12.6. The van der Waals surface area contributed by atoms with Crippen molar-refractivity contribution >= 4 is 16.8 Å². The summed E-state index contributed by atoms with van der Waals surface area (Å²) in [5.41, 5.74) is 8.00. The largest absolute Gasteiger partial charge is 0.361 e. The van der Waals surface area contributed by atoms with Crippen LogP contribution in [0.5, 0.6) is 0 Å². The van der Waals surface area contributed by atoms with Crippen LogP contribution in [0.1, 0.15) is 18.9 Å². The minimum absolute atomic E-state index is 0.0719. The lowest BCUT2D eigenvalue weighted by atomic mass is 10.1. The molecule has 1 aromatic heterocycles. The second-order valence-electron chi connectivity index (χ2n) is 4.42. The zero-order chi connectivity index (χ0) is 13.0. The van der Waals surface area contributed by atoms with Crippen molar-refractivity contribution in [3.63, 3.8) is 0 Å². The molecule has 1 unspecified atom stereocenters. The summed E-state index contributed by atoms with van der Waals surface area (Å²) < 4.78 is 0. The number of nitrogens with two attached hydrogens (primary N) is 1. The first-order valence-electron chi connectivity index (χ1n) is 6.30. The lowest BCUT2D eigenvalue weighted by Crippen LogP contribution is -2.40. The molecule has 0 aliphatic rings. The summed E-state index contributed by atoms with van der Waals surface area (Å²) in [6.07, 6.45) is 3.47. The van der Waals surface area contributed by atoms with Crippen LogP contribution in [0, 0.1) is 0 Å². The molecule has 1 aromatic carbocycles. The molecular weight excluding hydrogens is 226 g/mol. The van der Waals surface area contributed by atoms with Gasteiger partial charge in [-0.15, -0.1) is 0 Å². The number of carbonyl (C=O) groups excluding carboxylic acids is 1. The number of fused-ring (bicyclic) bond motifs is 1. The lowest BCUT2D eigenvalue weighted by Gasteiger charge is -2.09. The van der Waals surface area contributed by atoms with Crippen molar-refractivity contribution in [1.82, 2.24) is 10.3 Å². The van der Waals surface area contributed by atoms with Gasteiger partial charge in [-0.1, -0.05) is 25.1 Å². The number of para-hydroxylation sites is 1. The SMILES string of the molecule is CCC(N)C(=O)NCCc1c[nH]c2ccccc12. The Morgan fingerprint density at radius 2 is 2.22 bits per heavy atom. The van der Waals surface area contributed by atoms with Crippen molar-refractivity contribution in [3.8, 4) is 0 Å². The molecule has 1 atom stereocenters. The predicted molar refractivity (Wildman–Crippen MR) is 73.3 cm³/mol. The van der Waals surface area contributed by atoms with Gasteiger partial charge in [0.2, 0.25) is 5.91 Å². The molecule has 2 aromatic rings. The van der Waals surface area contributed by atoms with Gasteiger partial charge in [0.25, 0.3) is 0 Å². The molecule has 1 amide bonds. The van der Waals surface area contributed by atoms with Crippen molar-refractivity contribution in [2.75, 3.05) is 6.54 Å². The lowest BCUT2D eigenvalue weighted by molar-refractivity contribution is -0.122. The summed E-state index contributed by atoms with van der Waals surface area (Å²) in [6.45, 7) is 2.53. The van der Waals surface area contributed by atoms with E-state index in [0.717, 1.165) is 11.9 Å². The predicted octanol–water partition coefficient (Wildman–Crippen LogP) is 1.56. The van der Waals surface area contributed by atoms with E-state index < -0.39 is 6.04 Å². The van der Waals surface area contributed by atoms with Crippen LogP contribution < -0.4 is 11.1 Å². The molecule has 4 N–H and O–H groups in total. The number of aromatic amines is 1. The Kier molecular flexibility index (Phi) is 3.99. The fraction of sp³-hybridized carbons (Fsp3) is 0.357. The Labute approximate surface area is 107 Å². The molecule has 0 radical (unpaired) electrons. The van der Waals surface area contributed by atoms with Gasteiger partial charge in [-0.3, -0.25) is 4.79 Å². The first-order chi connectivity index (χ1) is 8.72. The van der Waals surface area contributed by atoms with E-state index in [1.54, 1.807) is 0 Å². The molecule has 18 heavy (non-hydrogen) atoms. The highest BCUT2D eigenvalue weighted by atomic mass is 16.2. The van der Waals surface area contributed by atoms with E-state index in [2.05, 4.69) is 16.4 Å². The fourth-order valence-corrected chi connectivity index (χ4v) is 1.98. The molecule has 96 valence electrons. The third kappa shape index (κ3) is 2.71. The van der Waals surface area contributed by atoms with Gasteiger partial charge in [-0.2, -0.15) is 0 Å². The Hall–Kier alpha value is -1.81. The van der Waals surface area contributed by atoms with Crippen LogP contribution in [0.3, 0.4) is 0 Å². The number of nitrogens with one attached hydrogen (secondary N) is 2. The molecular formula is C14H19N3O. The van der Waals surface area contributed by atoms with Gasteiger partial charge in [-0.05, 0) is 24.5 Å². The van der Waals surface area contributed by atoms with Gasteiger partial charge in [0.05, 0.1) is 6.04 Å². The molecule has 0 saturated carbocycles. The number of aromatic nitrogens is 1. The third-order valence-electron chi connectivity index (χ3n) is 3.15. The Morgan fingerprint density at radius 1 is 1.44 bits per heavy atom. The summed E-state index contributed by atoms with van der Waals surface area (Å²) in [4.78, 5) is 14.7.